The van der Waals surface area contributed by atoms with E-state index in [9.17, 15) is 18.8 Å². The summed E-state index contributed by atoms with van der Waals surface area (Å²) in [5.74, 6) is -1.53. The van der Waals surface area contributed by atoms with Crippen molar-refractivity contribution < 1.29 is 23.5 Å². The van der Waals surface area contributed by atoms with Crippen LogP contribution in [-0.4, -0.2) is 42.3 Å². The zero-order valence-electron chi connectivity index (χ0n) is 16.8. The number of nitrogens with one attached hydrogen (secondary N) is 3. The van der Waals surface area contributed by atoms with Gasteiger partial charge in [0.1, 0.15) is 11.5 Å². The summed E-state index contributed by atoms with van der Waals surface area (Å²) < 4.78 is 19.1. The third-order valence-corrected chi connectivity index (χ3v) is 5.89. The van der Waals surface area contributed by atoms with Crippen molar-refractivity contribution in [3.8, 4) is 0 Å². The Balaban J connectivity index is 1.69. The van der Waals surface area contributed by atoms with E-state index < -0.39 is 29.3 Å². The van der Waals surface area contributed by atoms with E-state index in [4.69, 9.17) is 16.3 Å². The Hall–Kier alpha value is -2.68. The molecule has 1 aromatic carbocycles. The smallest absolute Gasteiger partial charge is 0.428 e. The van der Waals surface area contributed by atoms with E-state index in [-0.39, 0.29) is 17.0 Å². The minimum Gasteiger partial charge on any atom is -0.435 e. The van der Waals surface area contributed by atoms with Crippen LogP contribution in [0.4, 0.5) is 9.18 Å². The zero-order valence-corrected chi connectivity index (χ0v) is 17.5. The van der Waals surface area contributed by atoms with Gasteiger partial charge in [0.2, 0.25) is 0 Å². The Bertz CT molecular complexity index is 884. The molecule has 1 aliphatic heterocycles. The number of hydrogen-bond donors (Lipinski definition) is 3. The van der Waals surface area contributed by atoms with Crippen LogP contribution in [0.1, 0.15) is 44.6 Å². The Morgan fingerprint density at radius 3 is 2.70 bits per heavy atom. The van der Waals surface area contributed by atoms with E-state index in [1.165, 1.54) is 25.2 Å². The van der Waals surface area contributed by atoms with Crippen LogP contribution in [0.25, 0.3) is 0 Å². The lowest BCUT2D eigenvalue weighted by Crippen LogP contribution is -2.52. The van der Waals surface area contributed by atoms with Crippen molar-refractivity contribution in [3.05, 3.63) is 34.6 Å². The van der Waals surface area contributed by atoms with Gasteiger partial charge in [0.15, 0.2) is 5.60 Å². The summed E-state index contributed by atoms with van der Waals surface area (Å²) in [7, 11) is 1.40. The molecule has 1 aromatic rings. The van der Waals surface area contributed by atoms with Gasteiger partial charge in [0.05, 0.1) is 5.02 Å². The standard InChI is InChI=1S/C20H24ClFN4O4/c1-11(24-18(28)17(27)23-2)9-12-5-7-20(8-6-12)16(25-26-19(29)30-20)14-4-3-13(22)10-15(14)21/h3-4,10-12H,5-9H2,1-2H3,(H,23,27)(H,24,28)(H,26,29)/t11-,12?,20?/m0/s1. The van der Waals surface area contributed by atoms with Gasteiger partial charge in [0, 0.05) is 18.7 Å². The lowest BCUT2D eigenvalue weighted by Gasteiger charge is -2.42. The Morgan fingerprint density at radius 1 is 1.37 bits per heavy atom. The molecule has 3 N–H and O–H groups in total. The third kappa shape index (κ3) is 4.72. The second-order valence-electron chi connectivity index (χ2n) is 7.71. The van der Waals surface area contributed by atoms with Gasteiger partial charge in [-0.25, -0.2) is 14.6 Å². The van der Waals surface area contributed by atoms with E-state index in [0.717, 1.165) is 12.8 Å². The number of amides is 3. The maximum atomic E-state index is 13.5. The molecule has 8 nitrogen and oxygen atoms in total. The van der Waals surface area contributed by atoms with Crippen molar-refractivity contribution in [2.45, 2.75) is 50.7 Å². The second-order valence-corrected chi connectivity index (χ2v) is 8.12. The number of halogens is 2. The van der Waals surface area contributed by atoms with Gasteiger partial charge >= 0.3 is 17.9 Å². The summed E-state index contributed by atoms with van der Waals surface area (Å²) in [5, 5.41) is 9.35. The number of benzene rings is 1. The summed E-state index contributed by atoms with van der Waals surface area (Å²) in [6.07, 6.45) is 2.55. The van der Waals surface area contributed by atoms with Gasteiger partial charge in [-0.2, -0.15) is 5.10 Å². The normalized spacial score (nSPS) is 24.3. The number of ether oxygens (including phenoxy) is 1. The number of hydrazone groups is 1. The van der Waals surface area contributed by atoms with Gasteiger partial charge in [-0.15, -0.1) is 0 Å². The highest BCUT2D eigenvalue weighted by atomic mass is 35.5. The van der Waals surface area contributed by atoms with E-state index in [1.54, 1.807) is 0 Å². The molecule has 0 unspecified atom stereocenters. The Morgan fingerprint density at radius 2 is 2.07 bits per heavy atom. The molecule has 1 aliphatic carbocycles. The summed E-state index contributed by atoms with van der Waals surface area (Å²) >= 11 is 6.22. The molecule has 162 valence electrons. The lowest BCUT2D eigenvalue weighted by molar-refractivity contribution is -0.139. The number of nitrogens with zero attached hydrogens (tertiary/aromatic N) is 1. The summed E-state index contributed by atoms with van der Waals surface area (Å²) in [6, 6.07) is 3.84. The number of carbonyl (C=O) groups is 3. The Labute approximate surface area is 178 Å². The van der Waals surface area contributed by atoms with Crippen molar-refractivity contribution in [1.82, 2.24) is 16.1 Å². The molecule has 3 rings (SSSR count). The van der Waals surface area contributed by atoms with Gasteiger partial charge in [-0.1, -0.05) is 11.6 Å². The van der Waals surface area contributed by atoms with Gasteiger partial charge < -0.3 is 15.4 Å². The first-order valence-electron chi connectivity index (χ1n) is 9.79. The first kappa shape index (κ1) is 22.0. The van der Waals surface area contributed by atoms with Crippen LogP contribution < -0.4 is 16.1 Å². The fourth-order valence-corrected chi connectivity index (χ4v) is 4.38. The molecule has 0 saturated heterocycles. The molecule has 1 atom stereocenters. The summed E-state index contributed by atoms with van der Waals surface area (Å²) in [4.78, 5) is 35.0. The molecule has 30 heavy (non-hydrogen) atoms. The molecule has 10 heteroatoms. The predicted molar refractivity (Wildman–Crippen MR) is 109 cm³/mol. The average Bonchev–Trinajstić information content (AvgIpc) is 2.70. The molecule has 0 bridgehead atoms. The molecule has 1 spiro atoms. The number of likely N-dealkylation sites (N-methyl/N-ethyl adjacent to an activating group) is 1. The molecule has 2 aliphatic rings. The van der Waals surface area contributed by atoms with E-state index in [0.29, 0.717) is 30.5 Å². The molecular weight excluding hydrogens is 415 g/mol. The second kappa shape index (κ2) is 8.99. The van der Waals surface area contributed by atoms with Crippen molar-refractivity contribution in [1.29, 1.82) is 0 Å². The molecule has 0 radical (unpaired) electrons. The fourth-order valence-electron chi connectivity index (χ4n) is 4.12. The highest BCUT2D eigenvalue weighted by Crippen LogP contribution is 2.41. The van der Waals surface area contributed by atoms with Crippen molar-refractivity contribution in [2.75, 3.05) is 7.05 Å². The van der Waals surface area contributed by atoms with Gasteiger partial charge in [-0.3, -0.25) is 9.59 Å². The van der Waals surface area contributed by atoms with E-state index in [2.05, 4.69) is 21.2 Å². The van der Waals surface area contributed by atoms with Crippen LogP contribution in [0, 0.1) is 11.7 Å². The average molecular weight is 439 g/mol. The van der Waals surface area contributed by atoms with Crippen LogP contribution in [0.2, 0.25) is 5.02 Å². The maximum absolute atomic E-state index is 13.5. The highest BCUT2D eigenvalue weighted by Gasteiger charge is 2.46. The number of carbonyl (C=O) groups excluding carboxylic acids is 3. The van der Waals surface area contributed by atoms with Crippen molar-refractivity contribution in [3.63, 3.8) is 0 Å². The molecule has 1 saturated carbocycles. The number of hydrogen-bond acceptors (Lipinski definition) is 5. The zero-order chi connectivity index (χ0) is 21.9. The molecule has 0 aromatic heterocycles. The SMILES string of the molecule is CNC(=O)C(=O)N[C@@H](C)CC1CCC2(CC1)OC(=O)NN=C2c1ccc(F)cc1Cl. The summed E-state index contributed by atoms with van der Waals surface area (Å²) in [5.41, 5.74) is 2.37. The van der Waals surface area contributed by atoms with Crippen molar-refractivity contribution in [2.24, 2.45) is 11.0 Å². The molecule has 1 heterocycles. The quantitative estimate of drug-likeness (QED) is 0.627. The van der Waals surface area contributed by atoms with Gasteiger partial charge in [0.25, 0.3) is 0 Å². The van der Waals surface area contributed by atoms with E-state index >= 15 is 0 Å². The maximum Gasteiger partial charge on any atom is 0.428 e. The highest BCUT2D eigenvalue weighted by molar-refractivity contribution is 6.35. The fraction of sp³-hybridized carbons (Fsp3) is 0.500. The van der Waals surface area contributed by atoms with Crippen molar-refractivity contribution >= 4 is 35.2 Å². The Kier molecular flexibility index (Phi) is 6.60. The molecule has 3 amide bonds. The van der Waals surface area contributed by atoms with Crippen LogP contribution in [0.15, 0.2) is 23.3 Å². The molecular formula is C20H24ClFN4O4. The van der Waals surface area contributed by atoms with Crippen LogP contribution >= 0.6 is 11.6 Å². The first-order chi connectivity index (χ1) is 14.2. The molecule has 1 fully saturated rings. The monoisotopic (exact) mass is 438 g/mol. The first-order valence-corrected chi connectivity index (χ1v) is 10.2. The lowest BCUT2D eigenvalue weighted by atomic mass is 9.73. The largest absolute Gasteiger partial charge is 0.435 e. The topological polar surface area (TPSA) is 109 Å². The van der Waals surface area contributed by atoms with Crippen LogP contribution in [0.3, 0.4) is 0 Å². The minimum absolute atomic E-state index is 0.177. The minimum atomic E-state index is -0.936. The van der Waals surface area contributed by atoms with Crippen LogP contribution in [0.5, 0.6) is 0 Å². The third-order valence-electron chi connectivity index (χ3n) is 5.58. The van der Waals surface area contributed by atoms with Gasteiger partial charge in [-0.05, 0) is 63.1 Å². The van der Waals surface area contributed by atoms with Crippen LogP contribution in [-0.2, 0) is 14.3 Å². The van der Waals surface area contributed by atoms with E-state index in [1.807, 2.05) is 6.92 Å². The number of rotatable bonds is 4. The predicted octanol–water partition coefficient (Wildman–Crippen LogP) is 2.49. The summed E-state index contributed by atoms with van der Waals surface area (Å²) in [6.45, 7) is 1.85.